The van der Waals surface area contributed by atoms with Gasteiger partial charge < -0.3 is 4.90 Å². The second-order valence-corrected chi connectivity index (χ2v) is 14.4. The standard InChI is InChI=1S/C50H33NS/c1-2-13-35(14-3-1)46-32-37-16-4-5-17-38(37)33-47(46)39-19-10-20-41(31-39)51(48-25-12-24-45-44-22-8-9-26-49(44)52-50(45)48)40-29-27-36(28-30-40)43-23-11-18-34-15-6-7-21-42(34)43/h1-33H. The predicted molar refractivity (Wildman–Crippen MR) is 225 cm³/mol. The first-order chi connectivity index (χ1) is 25.8. The van der Waals surface area contributed by atoms with E-state index in [-0.39, 0.29) is 0 Å². The molecule has 0 aliphatic carbocycles. The summed E-state index contributed by atoms with van der Waals surface area (Å²) in [6.07, 6.45) is 0. The molecule has 0 atom stereocenters. The molecule has 0 amide bonds. The third-order valence-electron chi connectivity index (χ3n) is 10.2. The predicted octanol–water partition coefficient (Wildman–Crippen LogP) is 14.8. The monoisotopic (exact) mass is 679 g/mol. The van der Waals surface area contributed by atoms with E-state index in [1.54, 1.807) is 0 Å². The van der Waals surface area contributed by atoms with E-state index in [9.17, 15) is 0 Å². The van der Waals surface area contributed by atoms with Crippen molar-refractivity contribution < 1.29 is 0 Å². The van der Waals surface area contributed by atoms with Crippen molar-refractivity contribution in [3.63, 3.8) is 0 Å². The van der Waals surface area contributed by atoms with Gasteiger partial charge in [-0.15, -0.1) is 11.3 Å². The van der Waals surface area contributed by atoms with Crippen LogP contribution in [0.25, 0.3) is 75.1 Å². The number of fused-ring (bicyclic) bond motifs is 5. The van der Waals surface area contributed by atoms with Crippen LogP contribution >= 0.6 is 11.3 Å². The number of anilines is 3. The summed E-state index contributed by atoms with van der Waals surface area (Å²) < 4.78 is 2.58. The first-order valence-electron chi connectivity index (χ1n) is 17.8. The number of rotatable bonds is 6. The molecule has 0 N–H and O–H groups in total. The SMILES string of the molecule is c1ccc(-c2cc3ccccc3cc2-c2cccc(N(c3ccc(-c4cccc5ccccc45)cc3)c3cccc4c3sc3ccccc34)c2)cc1. The highest BCUT2D eigenvalue weighted by atomic mass is 32.1. The molecule has 0 fully saturated rings. The van der Waals surface area contributed by atoms with E-state index in [2.05, 4.69) is 205 Å². The van der Waals surface area contributed by atoms with Crippen molar-refractivity contribution in [2.75, 3.05) is 4.90 Å². The molecule has 1 nitrogen and oxygen atoms in total. The molecule has 9 aromatic carbocycles. The molecular formula is C50H33NS. The number of hydrogen-bond acceptors (Lipinski definition) is 2. The quantitative estimate of drug-likeness (QED) is 0.169. The number of thiophene rings is 1. The van der Waals surface area contributed by atoms with Gasteiger partial charge in [0.05, 0.1) is 10.4 Å². The molecule has 1 aromatic heterocycles. The Morgan fingerprint density at radius 2 is 0.904 bits per heavy atom. The minimum atomic E-state index is 1.12. The van der Waals surface area contributed by atoms with Gasteiger partial charge in [-0.3, -0.25) is 0 Å². The lowest BCUT2D eigenvalue weighted by Crippen LogP contribution is -2.10. The van der Waals surface area contributed by atoms with Gasteiger partial charge in [-0.1, -0.05) is 152 Å². The largest absolute Gasteiger partial charge is 0.309 e. The van der Waals surface area contributed by atoms with Crippen LogP contribution in [-0.4, -0.2) is 0 Å². The molecule has 10 rings (SSSR count). The minimum absolute atomic E-state index is 1.12. The summed E-state index contributed by atoms with van der Waals surface area (Å²) >= 11 is 1.87. The molecule has 0 spiro atoms. The Labute approximate surface area is 307 Å². The number of nitrogens with zero attached hydrogens (tertiary/aromatic N) is 1. The normalized spacial score (nSPS) is 11.5. The van der Waals surface area contributed by atoms with Crippen molar-refractivity contribution in [1.82, 2.24) is 0 Å². The van der Waals surface area contributed by atoms with Gasteiger partial charge in [0, 0.05) is 26.8 Å². The summed E-state index contributed by atoms with van der Waals surface area (Å²) in [5.41, 5.74) is 10.7. The van der Waals surface area contributed by atoms with E-state index in [1.165, 1.54) is 80.8 Å². The smallest absolute Gasteiger partial charge is 0.0640 e. The Bertz CT molecular complexity index is 2900. The summed E-state index contributed by atoms with van der Waals surface area (Å²) in [5, 5.41) is 7.58. The Balaban J connectivity index is 1.17. The third kappa shape index (κ3) is 5.24. The van der Waals surface area contributed by atoms with Crippen LogP contribution in [0.3, 0.4) is 0 Å². The first kappa shape index (κ1) is 30.4. The lowest BCUT2D eigenvalue weighted by atomic mass is 9.91. The lowest BCUT2D eigenvalue weighted by molar-refractivity contribution is 1.30. The van der Waals surface area contributed by atoms with Crippen molar-refractivity contribution in [2.24, 2.45) is 0 Å². The van der Waals surface area contributed by atoms with Gasteiger partial charge in [0.1, 0.15) is 0 Å². The lowest BCUT2D eigenvalue weighted by Gasteiger charge is -2.27. The minimum Gasteiger partial charge on any atom is -0.309 e. The maximum Gasteiger partial charge on any atom is 0.0640 e. The number of hydrogen-bond donors (Lipinski definition) is 0. The summed E-state index contributed by atoms with van der Waals surface area (Å²) in [7, 11) is 0. The Morgan fingerprint density at radius 1 is 0.327 bits per heavy atom. The van der Waals surface area contributed by atoms with Crippen LogP contribution < -0.4 is 4.90 Å². The van der Waals surface area contributed by atoms with Crippen molar-refractivity contribution in [3.8, 4) is 33.4 Å². The Kier molecular flexibility index (Phi) is 7.41. The van der Waals surface area contributed by atoms with Crippen LogP contribution in [0.15, 0.2) is 200 Å². The Morgan fingerprint density at radius 3 is 1.71 bits per heavy atom. The second-order valence-electron chi connectivity index (χ2n) is 13.3. The molecular weight excluding hydrogens is 647 g/mol. The van der Waals surface area contributed by atoms with Crippen molar-refractivity contribution in [1.29, 1.82) is 0 Å². The van der Waals surface area contributed by atoms with Gasteiger partial charge in [-0.05, 0) is 103 Å². The van der Waals surface area contributed by atoms with Crippen LogP contribution in [0.1, 0.15) is 0 Å². The maximum atomic E-state index is 2.44. The summed E-state index contributed by atoms with van der Waals surface area (Å²) in [6, 6.07) is 73.0. The zero-order valence-electron chi connectivity index (χ0n) is 28.4. The number of benzene rings is 9. The van der Waals surface area contributed by atoms with E-state index >= 15 is 0 Å². The average molecular weight is 680 g/mol. The third-order valence-corrected chi connectivity index (χ3v) is 11.4. The van der Waals surface area contributed by atoms with E-state index < -0.39 is 0 Å². The molecule has 2 heteroatoms. The molecule has 0 aliphatic rings. The summed E-state index contributed by atoms with van der Waals surface area (Å²) in [4.78, 5) is 2.44. The van der Waals surface area contributed by atoms with Crippen molar-refractivity contribution in [2.45, 2.75) is 0 Å². The average Bonchev–Trinajstić information content (AvgIpc) is 3.61. The van der Waals surface area contributed by atoms with Crippen LogP contribution in [0, 0.1) is 0 Å². The summed E-state index contributed by atoms with van der Waals surface area (Å²) in [6.45, 7) is 0. The fourth-order valence-corrected chi connectivity index (χ4v) is 8.96. The molecule has 0 saturated heterocycles. The topological polar surface area (TPSA) is 3.24 Å². The molecule has 0 aliphatic heterocycles. The van der Waals surface area contributed by atoms with Crippen LogP contribution in [0.4, 0.5) is 17.1 Å². The molecule has 10 aromatic rings. The van der Waals surface area contributed by atoms with Crippen LogP contribution in [0.5, 0.6) is 0 Å². The van der Waals surface area contributed by atoms with E-state index in [0.717, 1.165) is 11.4 Å². The fraction of sp³-hybridized carbons (Fsp3) is 0. The zero-order chi connectivity index (χ0) is 34.4. The highest BCUT2D eigenvalue weighted by Gasteiger charge is 2.20. The van der Waals surface area contributed by atoms with Gasteiger partial charge in [0.15, 0.2) is 0 Å². The second kappa shape index (κ2) is 12.7. The van der Waals surface area contributed by atoms with Crippen molar-refractivity contribution in [3.05, 3.63) is 200 Å². The molecule has 0 radical (unpaired) electrons. The molecule has 52 heavy (non-hydrogen) atoms. The summed E-state index contributed by atoms with van der Waals surface area (Å²) in [5.74, 6) is 0. The first-order valence-corrected chi connectivity index (χ1v) is 18.6. The molecule has 0 saturated carbocycles. The maximum absolute atomic E-state index is 2.44. The van der Waals surface area contributed by atoms with Crippen LogP contribution in [-0.2, 0) is 0 Å². The van der Waals surface area contributed by atoms with Gasteiger partial charge in [-0.25, -0.2) is 0 Å². The van der Waals surface area contributed by atoms with E-state index in [4.69, 9.17) is 0 Å². The van der Waals surface area contributed by atoms with Gasteiger partial charge >= 0.3 is 0 Å². The van der Waals surface area contributed by atoms with Gasteiger partial charge in [0.25, 0.3) is 0 Å². The molecule has 0 unspecified atom stereocenters. The van der Waals surface area contributed by atoms with Gasteiger partial charge in [0.2, 0.25) is 0 Å². The fourth-order valence-electron chi connectivity index (χ4n) is 7.75. The highest BCUT2D eigenvalue weighted by Crippen LogP contribution is 2.46. The zero-order valence-corrected chi connectivity index (χ0v) is 29.2. The highest BCUT2D eigenvalue weighted by molar-refractivity contribution is 7.26. The van der Waals surface area contributed by atoms with E-state index in [0.29, 0.717) is 0 Å². The van der Waals surface area contributed by atoms with Crippen LogP contribution in [0.2, 0.25) is 0 Å². The molecule has 0 bridgehead atoms. The molecule has 244 valence electrons. The molecule has 1 heterocycles. The van der Waals surface area contributed by atoms with Gasteiger partial charge in [-0.2, -0.15) is 0 Å². The van der Waals surface area contributed by atoms with E-state index in [1.807, 2.05) is 11.3 Å². The van der Waals surface area contributed by atoms with Crippen molar-refractivity contribution >= 4 is 70.1 Å². The Hall–Kier alpha value is -6.48.